The Balaban J connectivity index is 2.41. The van der Waals surface area contributed by atoms with Crippen molar-refractivity contribution in [2.45, 2.75) is 6.04 Å². The maximum absolute atomic E-state index is 10.9. The first-order chi connectivity index (χ1) is 7.20. The highest BCUT2D eigenvalue weighted by molar-refractivity contribution is 7.98. The predicted octanol–water partition coefficient (Wildman–Crippen LogP) is 1.48. The fourth-order valence-electron chi connectivity index (χ4n) is 1.47. The van der Waals surface area contributed by atoms with E-state index in [1.54, 1.807) is 11.8 Å². The second-order valence-corrected chi connectivity index (χ2v) is 4.24. The highest BCUT2D eigenvalue weighted by Gasteiger charge is 2.08. The van der Waals surface area contributed by atoms with Crippen molar-refractivity contribution in [3.63, 3.8) is 0 Å². The Hall–Kier alpha value is -1.20. The first-order valence-electron chi connectivity index (χ1n) is 4.58. The van der Waals surface area contributed by atoms with Gasteiger partial charge in [0, 0.05) is 11.8 Å². The van der Waals surface area contributed by atoms with E-state index in [0.717, 1.165) is 11.3 Å². The molecular weight excluding hydrogens is 212 g/mol. The molecule has 2 rings (SSSR count). The van der Waals surface area contributed by atoms with E-state index in [4.69, 9.17) is 10.2 Å². The normalized spacial score (nSPS) is 13.2. The Morgan fingerprint density at radius 1 is 1.60 bits per heavy atom. The van der Waals surface area contributed by atoms with Gasteiger partial charge in [0.1, 0.15) is 0 Å². The maximum atomic E-state index is 10.9. The summed E-state index contributed by atoms with van der Waals surface area (Å²) < 4.78 is 4.96. The highest BCUT2D eigenvalue weighted by Crippen LogP contribution is 2.19. The Labute approximate surface area is 90.8 Å². The number of thioether (sulfide) groups is 1. The molecule has 80 valence electrons. The van der Waals surface area contributed by atoms with Crippen molar-refractivity contribution in [2.24, 2.45) is 5.73 Å². The van der Waals surface area contributed by atoms with Crippen LogP contribution in [0.5, 0.6) is 0 Å². The molecule has 0 amide bonds. The molecule has 5 heteroatoms. The second-order valence-electron chi connectivity index (χ2n) is 3.33. The van der Waals surface area contributed by atoms with E-state index < -0.39 is 5.76 Å². The van der Waals surface area contributed by atoms with Gasteiger partial charge in [0.15, 0.2) is 5.58 Å². The predicted molar refractivity (Wildman–Crippen MR) is 62.1 cm³/mol. The number of hydrogen-bond acceptors (Lipinski definition) is 4. The Kier molecular flexibility index (Phi) is 2.83. The minimum atomic E-state index is -0.430. The maximum Gasteiger partial charge on any atom is 0.417 e. The molecule has 0 aliphatic rings. The molecule has 0 bridgehead atoms. The third-order valence-corrected chi connectivity index (χ3v) is 2.91. The largest absolute Gasteiger partial charge is 0.417 e. The summed E-state index contributed by atoms with van der Waals surface area (Å²) in [5.41, 5.74) is 8.21. The molecule has 0 aliphatic carbocycles. The fraction of sp³-hybridized carbons (Fsp3) is 0.300. The van der Waals surface area contributed by atoms with Gasteiger partial charge >= 0.3 is 5.76 Å². The zero-order chi connectivity index (χ0) is 10.8. The second kappa shape index (κ2) is 4.12. The van der Waals surface area contributed by atoms with Gasteiger partial charge in [-0.1, -0.05) is 6.07 Å². The lowest BCUT2D eigenvalue weighted by atomic mass is 10.1. The van der Waals surface area contributed by atoms with Crippen molar-refractivity contribution >= 4 is 22.9 Å². The number of benzene rings is 1. The molecule has 3 N–H and O–H groups in total. The lowest BCUT2D eigenvalue weighted by Gasteiger charge is -2.09. The van der Waals surface area contributed by atoms with Crippen LogP contribution in [0.15, 0.2) is 27.4 Å². The van der Waals surface area contributed by atoms with Crippen molar-refractivity contribution in [1.82, 2.24) is 4.98 Å². The van der Waals surface area contributed by atoms with Crippen LogP contribution in [0.1, 0.15) is 11.6 Å². The number of H-pyrrole nitrogens is 1. The average Bonchev–Trinajstić information content (AvgIpc) is 2.57. The fourth-order valence-corrected chi connectivity index (χ4v) is 2.02. The molecule has 1 atom stereocenters. The molecule has 1 unspecified atom stereocenters. The van der Waals surface area contributed by atoms with Crippen LogP contribution in [0.2, 0.25) is 0 Å². The molecule has 1 aromatic carbocycles. The monoisotopic (exact) mass is 224 g/mol. The van der Waals surface area contributed by atoms with Crippen molar-refractivity contribution in [2.75, 3.05) is 12.0 Å². The summed E-state index contributed by atoms with van der Waals surface area (Å²) in [5.74, 6) is 0.417. The standard InChI is InChI=1S/C10H12N2O2S/c1-15-5-7(11)6-2-3-8-9(4-6)14-10(13)12-8/h2-4,7H,5,11H2,1H3,(H,12,13). The smallest absolute Gasteiger partial charge is 0.408 e. The molecule has 1 aromatic heterocycles. The Morgan fingerprint density at radius 2 is 2.40 bits per heavy atom. The van der Waals surface area contributed by atoms with Gasteiger partial charge in [0.2, 0.25) is 0 Å². The van der Waals surface area contributed by atoms with Gasteiger partial charge in [-0.3, -0.25) is 4.98 Å². The number of nitrogens with two attached hydrogens (primary N) is 1. The van der Waals surface area contributed by atoms with Crippen molar-refractivity contribution in [1.29, 1.82) is 0 Å². The van der Waals surface area contributed by atoms with Gasteiger partial charge in [-0.2, -0.15) is 11.8 Å². The highest BCUT2D eigenvalue weighted by atomic mass is 32.2. The molecule has 0 aliphatic heterocycles. The molecular formula is C10H12N2O2S. The van der Waals surface area contributed by atoms with E-state index in [1.807, 2.05) is 24.5 Å². The zero-order valence-corrected chi connectivity index (χ0v) is 9.14. The summed E-state index contributed by atoms with van der Waals surface area (Å²) in [4.78, 5) is 13.5. The van der Waals surface area contributed by atoms with Gasteiger partial charge in [-0.25, -0.2) is 4.79 Å². The van der Waals surface area contributed by atoms with Gasteiger partial charge in [-0.05, 0) is 24.0 Å². The third-order valence-electron chi connectivity index (χ3n) is 2.22. The number of hydrogen-bond donors (Lipinski definition) is 2. The number of rotatable bonds is 3. The van der Waals surface area contributed by atoms with Gasteiger partial charge < -0.3 is 10.2 Å². The van der Waals surface area contributed by atoms with Crippen LogP contribution in [0.25, 0.3) is 11.1 Å². The topological polar surface area (TPSA) is 72.0 Å². The molecule has 0 fully saturated rings. The average molecular weight is 224 g/mol. The first-order valence-corrected chi connectivity index (χ1v) is 5.97. The van der Waals surface area contributed by atoms with Crippen molar-refractivity contribution in [3.05, 3.63) is 34.3 Å². The zero-order valence-electron chi connectivity index (χ0n) is 8.32. The van der Waals surface area contributed by atoms with E-state index in [-0.39, 0.29) is 6.04 Å². The third kappa shape index (κ3) is 2.08. The number of aromatic nitrogens is 1. The Morgan fingerprint density at radius 3 is 3.13 bits per heavy atom. The quantitative estimate of drug-likeness (QED) is 0.828. The molecule has 0 saturated carbocycles. The van der Waals surface area contributed by atoms with Crippen LogP contribution in [0.4, 0.5) is 0 Å². The summed E-state index contributed by atoms with van der Waals surface area (Å²) in [6, 6.07) is 5.52. The van der Waals surface area contributed by atoms with Gasteiger partial charge in [0.25, 0.3) is 0 Å². The SMILES string of the molecule is CSCC(N)c1ccc2[nH]c(=O)oc2c1. The number of aromatic amines is 1. The summed E-state index contributed by atoms with van der Waals surface area (Å²) in [6.45, 7) is 0. The molecule has 2 aromatic rings. The van der Waals surface area contributed by atoms with Gasteiger partial charge in [0.05, 0.1) is 5.52 Å². The van der Waals surface area contributed by atoms with Crippen LogP contribution in [-0.4, -0.2) is 17.0 Å². The van der Waals surface area contributed by atoms with Crippen LogP contribution in [0.3, 0.4) is 0 Å². The summed E-state index contributed by atoms with van der Waals surface area (Å²) in [7, 11) is 0. The van der Waals surface area contributed by atoms with Crippen molar-refractivity contribution in [3.8, 4) is 0 Å². The summed E-state index contributed by atoms with van der Waals surface area (Å²) in [6.07, 6.45) is 2.01. The molecule has 0 saturated heterocycles. The van der Waals surface area contributed by atoms with Crippen molar-refractivity contribution < 1.29 is 4.42 Å². The number of nitrogens with one attached hydrogen (secondary N) is 1. The summed E-state index contributed by atoms with van der Waals surface area (Å²) >= 11 is 1.69. The first kappa shape index (κ1) is 10.3. The Bertz CT molecular complexity index is 517. The number of fused-ring (bicyclic) bond motifs is 1. The summed E-state index contributed by atoms with van der Waals surface area (Å²) in [5, 5.41) is 0. The van der Waals surface area contributed by atoms with Gasteiger partial charge in [-0.15, -0.1) is 0 Å². The molecule has 4 nitrogen and oxygen atoms in total. The molecule has 0 spiro atoms. The lowest BCUT2D eigenvalue weighted by molar-refractivity contribution is 0.554. The van der Waals surface area contributed by atoms with Crippen LogP contribution in [0, 0.1) is 0 Å². The minimum absolute atomic E-state index is 0.0235. The van der Waals surface area contributed by atoms with Crippen LogP contribution >= 0.6 is 11.8 Å². The molecule has 1 heterocycles. The molecule has 15 heavy (non-hydrogen) atoms. The lowest BCUT2D eigenvalue weighted by Crippen LogP contribution is -2.12. The van der Waals surface area contributed by atoms with E-state index in [2.05, 4.69) is 4.98 Å². The molecule has 0 radical (unpaired) electrons. The van der Waals surface area contributed by atoms with E-state index in [1.165, 1.54) is 0 Å². The van der Waals surface area contributed by atoms with E-state index in [9.17, 15) is 4.79 Å². The van der Waals surface area contributed by atoms with E-state index >= 15 is 0 Å². The number of oxazole rings is 1. The van der Waals surface area contributed by atoms with Crippen LogP contribution < -0.4 is 11.5 Å². The van der Waals surface area contributed by atoms with Crippen LogP contribution in [-0.2, 0) is 0 Å². The van der Waals surface area contributed by atoms with E-state index in [0.29, 0.717) is 11.1 Å². The minimum Gasteiger partial charge on any atom is -0.408 e.